The summed E-state index contributed by atoms with van der Waals surface area (Å²) in [7, 11) is -0.503. The summed E-state index contributed by atoms with van der Waals surface area (Å²) in [6.07, 6.45) is 4.50. The van der Waals surface area contributed by atoms with Crippen LogP contribution < -0.4 is 4.90 Å². The smallest absolute Gasteiger partial charge is 0.242 e. The van der Waals surface area contributed by atoms with Crippen molar-refractivity contribution in [3.63, 3.8) is 0 Å². The van der Waals surface area contributed by atoms with E-state index < -0.39 is 10.0 Å². The average molecular weight is 374 g/mol. The fourth-order valence-electron chi connectivity index (χ4n) is 2.98. The molecule has 138 valence electrons. The minimum Gasteiger partial charge on any atom is -0.419 e. The summed E-state index contributed by atoms with van der Waals surface area (Å²) in [5.41, 5.74) is 0.909. The molecule has 1 aliphatic rings. The molecule has 2 heterocycles. The van der Waals surface area contributed by atoms with Crippen LogP contribution in [-0.4, -0.2) is 44.9 Å². The number of hydrogen-bond donors (Lipinski definition) is 0. The van der Waals surface area contributed by atoms with E-state index in [4.69, 9.17) is 4.42 Å². The zero-order valence-electron chi connectivity index (χ0n) is 15.0. The van der Waals surface area contributed by atoms with Gasteiger partial charge in [0.25, 0.3) is 0 Å². The van der Waals surface area contributed by atoms with E-state index in [9.17, 15) is 13.7 Å². The Morgan fingerprint density at radius 2 is 1.73 bits per heavy atom. The summed E-state index contributed by atoms with van der Waals surface area (Å²) in [5.74, 6) is 0.837. The van der Waals surface area contributed by atoms with Crippen LogP contribution in [0, 0.1) is 11.3 Å². The Morgan fingerprint density at radius 3 is 2.27 bits per heavy atom. The third kappa shape index (κ3) is 3.59. The number of rotatable bonds is 4. The largest absolute Gasteiger partial charge is 0.419 e. The number of nitrogens with zero attached hydrogens (tertiary/aromatic N) is 4. The molecule has 0 bridgehead atoms. The Morgan fingerprint density at radius 1 is 1.12 bits per heavy atom. The quantitative estimate of drug-likeness (QED) is 0.817. The molecule has 1 saturated heterocycles. The van der Waals surface area contributed by atoms with Gasteiger partial charge >= 0.3 is 0 Å². The van der Waals surface area contributed by atoms with Crippen molar-refractivity contribution in [1.29, 1.82) is 5.26 Å². The van der Waals surface area contributed by atoms with Crippen LogP contribution in [0.5, 0.6) is 0 Å². The number of hydrogen-bond acceptors (Lipinski definition) is 6. The van der Waals surface area contributed by atoms with E-state index in [0.29, 0.717) is 17.3 Å². The van der Waals surface area contributed by atoms with Crippen molar-refractivity contribution in [3.05, 3.63) is 30.0 Å². The van der Waals surface area contributed by atoms with Gasteiger partial charge in [0.2, 0.25) is 27.5 Å². The topological polar surface area (TPSA) is 90.4 Å². The lowest BCUT2D eigenvalue weighted by Gasteiger charge is -2.18. The summed E-state index contributed by atoms with van der Waals surface area (Å²) in [4.78, 5) is 6.58. The molecule has 0 N–H and O–H groups in total. The molecule has 0 aliphatic carbocycles. The van der Waals surface area contributed by atoms with Crippen molar-refractivity contribution in [2.45, 2.75) is 30.6 Å². The van der Waals surface area contributed by atoms with Crippen molar-refractivity contribution in [1.82, 2.24) is 9.29 Å². The van der Waals surface area contributed by atoms with Gasteiger partial charge in [0.15, 0.2) is 0 Å². The lowest BCUT2D eigenvalue weighted by Crippen LogP contribution is -2.24. The summed E-state index contributed by atoms with van der Waals surface area (Å²) in [6.45, 7) is 1.70. The highest BCUT2D eigenvalue weighted by Crippen LogP contribution is 2.30. The molecule has 1 aromatic heterocycles. The first-order valence-corrected chi connectivity index (χ1v) is 10.1. The molecule has 1 aliphatic heterocycles. The Balaban J connectivity index is 1.92. The van der Waals surface area contributed by atoms with Gasteiger partial charge in [0.1, 0.15) is 6.07 Å². The van der Waals surface area contributed by atoms with Crippen LogP contribution in [0.15, 0.2) is 33.6 Å². The van der Waals surface area contributed by atoms with Gasteiger partial charge < -0.3 is 9.32 Å². The van der Waals surface area contributed by atoms with Crippen LogP contribution in [0.4, 0.5) is 5.88 Å². The second kappa shape index (κ2) is 7.48. The number of anilines is 1. The molecule has 26 heavy (non-hydrogen) atoms. The Hall–Kier alpha value is -2.37. The molecule has 8 heteroatoms. The van der Waals surface area contributed by atoms with Crippen molar-refractivity contribution in [2.24, 2.45) is 0 Å². The van der Waals surface area contributed by atoms with E-state index in [-0.39, 0.29) is 10.6 Å². The van der Waals surface area contributed by atoms with E-state index in [1.165, 1.54) is 43.4 Å². The van der Waals surface area contributed by atoms with Gasteiger partial charge in [-0.3, -0.25) is 0 Å². The summed E-state index contributed by atoms with van der Waals surface area (Å²) in [5, 5.41) is 9.41. The molecular weight excluding hydrogens is 352 g/mol. The van der Waals surface area contributed by atoms with Gasteiger partial charge in [-0.2, -0.15) is 10.2 Å². The van der Waals surface area contributed by atoms with Gasteiger partial charge in [0, 0.05) is 32.7 Å². The first-order valence-electron chi connectivity index (χ1n) is 8.62. The second-order valence-electron chi connectivity index (χ2n) is 6.50. The highest BCUT2D eigenvalue weighted by molar-refractivity contribution is 7.89. The average Bonchev–Trinajstić information content (AvgIpc) is 2.88. The molecule has 0 amide bonds. The zero-order valence-corrected chi connectivity index (χ0v) is 15.8. The lowest BCUT2D eigenvalue weighted by molar-refractivity contribution is 0.520. The first-order chi connectivity index (χ1) is 12.4. The van der Waals surface area contributed by atoms with Crippen LogP contribution in [0.25, 0.3) is 11.5 Å². The normalized spacial score (nSPS) is 15.7. The van der Waals surface area contributed by atoms with Gasteiger partial charge in [-0.15, -0.1) is 0 Å². The SMILES string of the molecule is CN(C)S(=O)(=O)c1ccc(-c2nc(C#N)c(N3CCCCCC3)o2)cc1. The number of oxazole rings is 1. The second-order valence-corrected chi connectivity index (χ2v) is 8.65. The maximum absolute atomic E-state index is 12.2. The maximum atomic E-state index is 12.2. The predicted molar refractivity (Wildman–Crippen MR) is 98.2 cm³/mol. The Bertz CT molecular complexity index is 903. The molecule has 0 atom stereocenters. The monoisotopic (exact) mass is 374 g/mol. The molecule has 0 spiro atoms. The van der Waals surface area contributed by atoms with E-state index >= 15 is 0 Å². The molecule has 0 saturated carbocycles. The fourth-order valence-corrected chi connectivity index (χ4v) is 3.88. The molecule has 1 aromatic carbocycles. The van der Waals surface area contributed by atoms with Crippen LogP contribution in [0.3, 0.4) is 0 Å². The van der Waals surface area contributed by atoms with E-state index in [1.807, 2.05) is 0 Å². The summed E-state index contributed by atoms with van der Waals surface area (Å²) < 4.78 is 31.4. The van der Waals surface area contributed by atoms with Crippen LogP contribution in [0.2, 0.25) is 0 Å². The molecule has 2 aromatic rings. The third-order valence-corrected chi connectivity index (χ3v) is 6.32. The van der Waals surface area contributed by atoms with Gasteiger partial charge in [0.05, 0.1) is 4.90 Å². The molecule has 7 nitrogen and oxygen atoms in total. The number of benzene rings is 1. The fraction of sp³-hybridized carbons (Fsp3) is 0.444. The Labute approximate surface area is 153 Å². The highest BCUT2D eigenvalue weighted by atomic mass is 32.2. The Kier molecular flexibility index (Phi) is 5.30. The van der Waals surface area contributed by atoms with Crippen molar-refractivity contribution in [3.8, 4) is 17.5 Å². The van der Waals surface area contributed by atoms with Crippen LogP contribution in [-0.2, 0) is 10.0 Å². The molecule has 0 unspecified atom stereocenters. The van der Waals surface area contributed by atoms with E-state index in [0.717, 1.165) is 25.9 Å². The first kappa shape index (κ1) is 18.4. The summed E-state index contributed by atoms with van der Waals surface area (Å²) in [6, 6.07) is 8.44. The molecule has 0 radical (unpaired) electrons. The van der Waals surface area contributed by atoms with Crippen molar-refractivity contribution in [2.75, 3.05) is 32.1 Å². The van der Waals surface area contributed by atoms with Crippen molar-refractivity contribution < 1.29 is 12.8 Å². The number of sulfonamides is 1. The van der Waals surface area contributed by atoms with Gasteiger partial charge in [-0.25, -0.2) is 12.7 Å². The number of nitriles is 1. The van der Waals surface area contributed by atoms with E-state index in [2.05, 4.69) is 16.0 Å². The van der Waals surface area contributed by atoms with Crippen LogP contribution >= 0.6 is 0 Å². The predicted octanol–water partition coefficient (Wildman–Crippen LogP) is 2.84. The molecular formula is C18H22N4O3S. The highest BCUT2D eigenvalue weighted by Gasteiger charge is 2.22. The molecule has 3 rings (SSSR count). The lowest BCUT2D eigenvalue weighted by atomic mass is 10.2. The van der Waals surface area contributed by atoms with Crippen molar-refractivity contribution >= 4 is 15.9 Å². The standard InChI is InChI=1S/C18H22N4O3S/c1-21(2)26(23,24)15-9-7-14(8-10-15)17-20-16(13-19)18(25-17)22-11-5-3-4-6-12-22/h7-10H,3-6,11-12H2,1-2H3. The summed E-state index contributed by atoms with van der Waals surface area (Å²) >= 11 is 0. The minimum atomic E-state index is -3.48. The zero-order chi connectivity index (χ0) is 18.7. The van der Waals surface area contributed by atoms with E-state index in [1.54, 1.807) is 12.1 Å². The van der Waals surface area contributed by atoms with Gasteiger partial charge in [-0.05, 0) is 37.1 Å². The van der Waals surface area contributed by atoms with Gasteiger partial charge in [-0.1, -0.05) is 12.8 Å². The van der Waals surface area contributed by atoms with Crippen LogP contribution in [0.1, 0.15) is 31.4 Å². The number of aromatic nitrogens is 1. The molecule has 1 fully saturated rings. The maximum Gasteiger partial charge on any atom is 0.242 e. The third-order valence-electron chi connectivity index (χ3n) is 4.49. The minimum absolute atomic E-state index is 0.200.